The molecule has 1 nitrogen and oxygen atoms in total. The van der Waals surface area contributed by atoms with E-state index in [2.05, 4.69) is 20.9 Å². The number of aromatic amines is 1. The first-order chi connectivity index (χ1) is 19.2. The zero-order valence-corrected chi connectivity index (χ0v) is 21.9. The molecular formula is C28H12BrF12N. The summed E-state index contributed by atoms with van der Waals surface area (Å²) in [6.45, 7) is 0. The van der Waals surface area contributed by atoms with Crippen LogP contribution in [0.25, 0.3) is 44.1 Å². The highest BCUT2D eigenvalue weighted by Gasteiger charge is 2.38. The van der Waals surface area contributed by atoms with E-state index in [1.807, 2.05) is 0 Å². The molecule has 1 aromatic heterocycles. The molecule has 0 atom stereocenters. The summed E-state index contributed by atoms with van der Waals surface area (Å²) in [7, 11) is 0. The average molecular weight is 670 g/mol. The fourth-order valence-corrected chi connectivity index (χ4v) is 5.11. The Morgan fingerprint density at radius 1 is 0.429 bits per heavy atom. The number of fused-ring (bicyclic) bond motifs is 3. The molecular weight excluding hydrogens is 658 g/mol. The molecule has 0 spiro atoms. The van der Waals surface area contributed by atoms with Crippen LogP contribution >= 0.6 is 15.9 Å². The molecule has 0 bridgehead atoms. The lowest BCUT2D eigenvalue weighted by molar-refractivity contribution is -0.144. The van der Waals surface area contributed by atoms with Crippen molar-refractivity contribution >= 4 is 37.7 Å². The Morgan fingerprint density at radius 3 is 1.24 bits per heavy atom. The maximum atomic E-state index is 13.4. The van der Waals surface area contributed by atoms with Crippen LogP contribution < -0.4 is 0 Å². The second-order valence-electron chi connectivity index (χ2n) is 9.36. The number of hydrogen-bond acceptors (Lipinski definition) is 0. The maximum Gasteiger partial charge on any atom is 0.416 e. The van der Waals surface area contributed by atoms with Gasteiger partial charge in [0.25, 0.3) is 0 Å². The zero-order chi connectivity index (χ0) is 31.0. The number of benzene rings is 4. The summed E-state index contributed by atoms with van der Waals surface area (Å²) in [5.74, 6) is 0. The van der Waals surface area contributed by atoms with Crippen LogP contribution in [0.5, 0.6) is 0 Å². The van der Waals surface area contributed by atoms with Gasteiger partial charge >= 0.3 is 24.7 Å². The molecule has 1 N–H and O–H groups in total. The smallest absolute Gasteiger partial charge is 0.354 e. The van der Waals surface area contributed by atoms with Gasteiger partial charge in [0.1, 0.15) is 0 Å². The molecule has 42 heavy (non-hydrogen) atoms. The summed E-state index contributed by atoms with van der Waals surface area (Å²) in [5, 5.41) is 0.490. The Morgan fingerprint density at radius 2 is 0.810 bits per heavy atom. The van der Waals surface area contributed by atoms with Gasteiger partial charge in [-0.05, 0) is 98.8 Å². The summed E-state index contributed by atoms with van der Waals surface area (Å²) in [5.41, 5.74) is -6.35. The van der Waals surface area contributed by atoms with E-state index in [0.29, 0.717) is 35.3 Å². The predicted octanol–water partition coefficient (Wildman–Crippen LogP) is 11.5. The molecule has 0 saturated carbocycles. The number of rotatable bonds is 2. The molecule has 0 amide bonds. The highest BCUT2D eigenvalue weighted by Crippen LogP contribution is 2.43. The second kappa shape index (κ2) is 9.68. The van der Waals surface area contributed by atoms with Crippen molar-refractivity contribution in [2.45, 2.75) is 24.7 Å². The van der Waals surface area contributed by atoms with Crippen molar-refractivity contribution in [1.29, 1.82) is 0 Å². The van der Waals surface area contributed by atoms with Gasteiger partial charge in [-0.1, -0.05) is 6.07 Å². The standard InChI is InChI=1S/C28H12BrF12N/c29-22-9-15(14-5-18(27(36,37)38)11-19(6-14)28(39,40)41)8-21-20-7-12(1-2-23(20)42-24(21)22)13-3-16(25(30,31)32)10-17(4-13)26(33,34)35/h1-11,42H. The molecule has 4 aromatic carbocycles. The molecule has 220 valence electrons. The summed E-state index contributed by atoms with van der Waals surface area (Å²) < 4.78 is 161. The first kappa shape index (κ1) is 29.8. The van der Waals surface area contributed by atoms with Gasteiger partial charge in [0, 0.05) is 20.8 Å². The Kier molecular flexibility index (Phi) is 6.87. The van der Waals surface area contributed by atoms with Crippen LogP contribution in [0.4, 0.5) is 52.7 Å². The van der Waals surface area contributed by atoms with Crippen molar-refractivity contribution in [2.75, 3.05) is 0 Å². The van der Waals surface area contributed by atoms with Crippen LogP contribution in [0.2, 0.25) is 0 Å². The quantitative estimate of drug-likeness (QED) is 0.180. The monoisotopic (exact) mass is 669 g/mol. The van der Waals surface area contributed by atoms with Crippen molar-refractivity contribution in [3.05, 3.63) is 93.5 Å². The van der Waals surface area contributed by atoms with Crippen LogP contribution in [0, 0.1) is 0 Å². The Labute approximate surface area is 235 Å². The lowest BCUT2D eigenvalue weighted by atomic mass is 9.96. The number of halogens is 13. The van der Waals surface area contributed by atoms with E-state index in [9.17, 15) is 52.7 Å². The summed E-state index contributed by atoms with van der Waals surface area (Å²) in [6.07, 6.45) is -20.3. The highest BCUT2D eigenvalue weighted by molar-refractivity contribution is 9.10. The third kappa shape index (κ3) is 5.68. The van der Waals surface area contributed by atoms with Crippen molar-refractivity contribution in [3.8, 4) is 22.3 Å². The number of H-pyrrole nitrogens is 1. The molecule has 1 heterocycles. The minimum atomic E-state index is -5.09. The number of aromatic nitrogens is 1. The SMILES string of the molecule is FC(F)(F)c1cc(-c2ccc3[nH]c4c(Br)cc(-c5cc(C(F)(F)F)cc(C(F)(F)F)c5)cc4c3c2)cc(C(F)(F)F)c1. The lowest BCUT2D eigenvalue weighted by Gasteiger charge is -2.15. The summed E-state index contributed by atoms with van der Waals surface area (Å²) in [6, 6.07) is 8.69. The van der Waals surface area contributed by atoms with Gasteiger partial charge in [-0.25, -0.2) is 0 Å². The minimum absolute atomic E-state index is 0.0125. The first-order valence-corrected chi connectivity index (χ1v) is 12.4. The molecule has 14 heteroatoms. The van der Waals surface area contributed by atoms with E-state index in [4.69, 9.17) is 0 Å². The van der Waals surface area contributed by atoms with E-state index < -0.39 is 58.1 Å². The zero-order valence-electron chi connectivity index (χ0n) is 20.3. The van der Waals surface area contributed by atoms with Crippen molar-refractivity contribution in [1.82, 2.24) is 4.98 Å². The first-order valence-electron chi connectivity index (χ1n) is 11.6. The third-order valence-electron chi connectivity index (χ3n) is 6.50. The molecule has 0 fully saturated rings. The van der Waals surface area contributed by atoms with E-state index in [1.54, 1.807) is 0 Å². The van der Waals surface area contributed by atoms with Gasteiger partial charge in [0.15, 0.2) is 0 Å². The number of nitrogens with one attached hydrogen (secondary N) is 1. The Hall–Kier alpha value is -3.68. The van der Waals surface area contributed by atoms with Gasteiger partial charge in [0.2, 0.25) is 0 Å². The molecule has 5 aromatic rings. The molecule has 0 aliphatic rings. The molecule has 0 aliphatic heterocycles. The van der Waals surface area contributed by atoms with E-state index in [-0.39, 0.29) is 38.5 Å². The van der Waals surface area contributed by atoms with E-state index >= 15 is 0 Å². The molecule has 0 saturated heterocycles. The normalized spacial score (nSPS) is 13.4. The predicted molar refractivity (Wildman–Crippen MR) is 134 cm³/mol. The highest BCUT2D eigenvalue weighted by atomic mass is 79.9. The van der Waals surface area contributed by atoms with Gasteiger partial charge in [0.05, 0.1) is 27.8 Å². The lowest BCUT2D eigenvalue weighted by Crippen LogP contribution is -2.11. The Balaban J connectivity index is 1.73. The van der Waals surface area contributed by atoms with E-state index in [1.165, 1.54) is 30.3 Å². The van der Waals surface area contributed by atoms with Gasteiger partial charge < -0.3 is 4.98 Å². The van der Waals surface area contributed by atoms with Gasteiger partial charge in [-0.3, -0.25) is 0 Å². The number of alkyl halides is 12. The van der Waals surface area contributed by atoms with Crippen LogP contribution in [-0.2, 0) is 24.7 Å². The van der Waals surface area contributed by atoms with E-state index in [0.717, 1.165) is 0 Å². The second-order valence-corrected chi connectivity index (χ2v) is 10.2. The largest absolute Gasteiger partial charge is 0.416 e. The van der Waals surface area contributed by atoms with Gasteiger partial charge in [-0.15, -0.1) is 0 Å². The maximum absolute atomic E-state index is 13.4. The minimum Gasteiger partial charge on any atom is -0.354 e. The van der Waals surface area contributed by atoms with Crippen molar-refractivity contribution in [3.63, 3.8) is 0 Å². The fourth-order valence-electron chi connectivity index (χ4n) is 4.55. The summed E-state index contributed by atoms with van der Waals surface area (Å²) in [4.78, 5) is 2.98. The molecule has 0 aliphatic carbocycles. The number of hydrogen-bond donors (Lipinski definition) is 1. The molecule has 0 radical (unpaired) electrons. The molecule has 5 rings (SSSR count). The fraction of sp³-hybridized carbons (Fsp3) is 0.143. The molecule has 0 unspecified atom stereocenters. The van der Waals surface area contributed by atoms with Crippen LogP contribution in [0.15, 0.2) is 71.2 Å². The van der Waals surface area contributed by atoms with Crippen molar-refractivity contribution < 1.29 is 52.7 Å². The van der Waals surface area contributed by atoms with Crippen LogP contribution in [-0.4, -0.2) is 4.98 Å². The average Bonchev–Trinajstić information content (AvgIpc) is 3.24. The van der Waals surface area contributed by atoms with Crippen LogP contribution in [0.1, 0.15) is 22.3 Å². The summed E-state index contributed by atoms with van der Waals surface area (Å²) >= 11 is 3.24. The van der Waals surface area contributed by atoms with Crippen molar-refractivity contribution in [2.24, 2.45) is 0 Å². The third-order valence-corrected chi connectivity index (χ3v) is 7.13. The van der Waals surface area contributed by atoms with Gasteiger partial charge in [-0.2, -0.15) is 52.7 Å². The van der Waals surface area contributed by atoms with Crippen LogP contribution in [0.3, 0.4) is 0 Å². The topological polar surface area (TPSA) is 15.8 Å². The Bertz CT molecular complexity index is 1780.